The second kappa shape index (κ2) is 3.43. The molecule has 0 unspecified atom stereocenters. The first-order valence-corrected chi connectivity index (χ1v) is 3.59. The Balaban J connectivity index is 3.19. The molecule has 0 amide bonds. The molecule has 0 saturated heterocycles. The Kier molecular flexibility index (Phi) is 2.48. The number of phenols is 3. The normalized spacial score (nSPS) is 12.4. The van der Waals surface area contributed by atoms with Crippen LogP contribution in [0.2, 0.25) is 0 Å². The van der Waals surface area contributed by atoms with E-state index in [1.165, 1.54) is 0 Å². The molecule has 0 aliphatic carbocycles. The monoisotopic (exact) mass is 200 g/mol. The first-order valence-electron chi connectivity index (χ1n) is 3.59. The van der Waals surface area contributed by atoms with Crippen molar-refractivity contribution in [1.82, 2.24) is 0 Å². The van der Waals surface area contributed by atoms with Crippen LogP contribution in [0.1, 0.15) is 11.7 Å². The van der Waals surface area contributed by atoms with Crippen molar-refractivity contribution >= 4 is 5.97 Å². The molecule has 0 aromatic heterocycles. The van der Waals surface area contributed by atoms with Crippen LogP contribution in [0, 0.1) is 0 Å². The maximum absolute atomic E-state index is 10.3. The molecule has 0 aliphatic heterocycles. The topological polar surface area (TPSA) is 118 Å². The minimum absolute atomic E-state index is 0.217. The summed E-state index contributed by atoms with van der Waals surface area (Å²) in [6.07, 6.45) is -1.85. The average molecular weight is 200 g/mol. The molecule has 5 N–H and O–H groups in total. The minimum Gasteiger partial charge on any atom is -0.504 e. The number of hydrogen-bond acceptors (Lipinski definition) is 5. The quantitative estimate of drug-likeness (QED) is 0.426. The second-order valence-corrected chi connectivity index (χ2v) is 2.65. The molecule has 0 bridgehead atoms. The molecule has 0 saturated carbocycles. The van der Waals surface area contributed by atoms with Crippen molar-refractivity contribution in [3.8, 4) is 17.2 Å². The number of aromatic hydroxyl groups is 3. The molecule has 0 aliphatic rings. The fourth-order valence-electron chi connectivity index (χ4n) is 0.926. The van der Waals surface area contributed by atoms with Crippen molar-refractivity contribution in [3.05, 3.63) is 17.7 Å². The Labute approximate surface area is 78.3 Å². The third-order valence-electron chi connectivity index (χ3n) is 1.64. The first kappa shape index (κ1) is 10.1. The van der Waals surface area contributed by atoms with Crippen molar-refractivity contribution in [2.45, 2.75) is 6.10 Å². The van der Waals surface area contributed by atoms with Gasteiger partial charge in [0.15, 0.2) is 23.4 Å². The number of aliphatic hydroxyl groups is 1. The number of rotatable bonds is 2. The van der Waals surface area contributed by atoms with Crippen LogP contribution in [0.15, 0.2) is 12.1 Å². The largest absolute Gasteiger partial charge is 0.504 e. The number of aliphatic hydroxyl groups excluding tert-OH is 1. The molecule has 0 spiro atoms. The number of hydrogen-bond donors (Lipinski definition) is 5. The molecule has 0 radical (unpaired) electrons. The van der Waals surface area contributed by atoms with Crippen LogP contribution in [0.3, 0.4) is 0 Å². The third-order valence-corrected chi connectivity index (χ3v) is 1.64. The molecule has 1 aromatic rings. The number of carbonyl (C=O) groups is 1. The fourth-order valence-corrected chi connectivity index (χ4v) is 0.926. The van der Waals surface area contributed by atoms with E-state index in [1.807, 2.05) is 0 Å². The van der Waals surface area contributed by atoms with Crippen LogP contribution in [0.4, 0.5) is 0 Å². The Morgan fingerprint density at radius 2 is 1.57 bits per heavy atom. The van der Waals surface area contributed by atoms with Crippen molar-refractivity contribution in [3.63, 3.8) is 0 Å². The molecule has 0 fully saturated rings. The zero-order valence-electron chi connectivity index (χ0n) is 6.88. The smallest absolute Gasteiger partial charge is 0.337 e. The summed E-state index contributed by atoms with van der Waals surface area (Å²) in [5.74, 6) is -3.67. The summed E-state index contributed by atoms with van der Waals surface area (Å²) in [6.45, 7) is 0. The summed E-state index contributed by atoms with van der Waals surface area (Å²) in [4.78, 5) is 10.3. The summed E-state index contributed by atoms with van der Waals surface area (Å²) in [6, 6.07) is 1.71. The number of benzene rings is 1. The summed E-state index contributed by atoms with van der Waals surface area (Å²) in [5.41, 5.74) is -0.217. The van der Waals surface area contributed by atoms with Gasteiger partial charge >= 0.3 is 5.97 Å². The minimum atomic E-state index is -1.85. The van der Waals surface area contributed by atoms with Gasteiger partial charge in [0.2, 0.25) is 0 Å². The van der Waals surface area contributed by atoms with E-state index in [9.17, 15) is 4.79 Å². The van der Waals surface area contributed by atoms with Gasteiger partial charge in [-0.1, -0.05) is 0 Å². The predicted octanol–water partition coefficient (Wildman–Crippen LogP) is -0.0786. The maximum Gasteiger partial charge on any atom is 0.337 e. The van der Waals surface area contributed by atoms with Crippen molar-refractivity contribution < 1.29 is 30.3 Å². The van der Waals surface area contributed by atoms with Gasteiger partial charge in [-0.25, -0.2) is 4.79 Å². The lowest BCUT2D eigenvalue weighted by molar-refractivity contribution is -0.146. The van der Waals surface area contributed by atoms with E-state index in [-0.39, 0.29) is 5.56 Å². The van der Waals surface area contributed by atoms with Crippen molar-refractivity contribution in [2.75, 3.05) is 0 Å². The van der Waals surface area contributed by atoms with Crippen molar-refractivity contribution in [2.24, 2.45) is 0 Å². The molecule has 0 heterocycles. The van der Waals surface area contributed by atoms with Crippen molar-refractivity contribution in [1.29, 1.82) is 0 Å². The average Bonchev–Trinajstić information content (AvgIpc) is 2.12. The zero-order chi connectivity index (χ0) is 10.9. The van der Waals surface area contributed by atoms with Crippen LogP contribution in [-0.4, -0.2) is 31.5 Å². The number of aliphatic carboxylic acids is 1. The summed E-state index contributed by atoms with van der Waals surface area (Å²) in [7, 11) is 0. The highest BCUT2D eigenvalue weighted by molar-refractivity contribution is 5.74. The van der Waals surface area contributed by atoms with Gasteiger partial charge in [0.25, 0.3) is 0 Å². The van der Waals surface area contributed by atoms with Gasteiger partial charge in [0.1, 0.15) is 0 Å². The lowest BCUT2D eigenvalue weighted by Gasteiger charge is -2.08. The molecule has 6 heteroatoms. The van der Waals surface area contributed by atoms with Gasteiger partial charge in [-0.05, 0) is 17.7 Å². The number of phenolic OH excluding ortho intramolecular Hbond substituents is 3. The van der Waals surface area contributed by atoms with E-state index in [0.29, 0.717) is 0 Å². The van der Waals surface area contributed by atoms with Gasteiger partial charge in [-0.15, -0.1) is 0 Å². The maximum atomic E-state index is 10.3. The van der Waals surface area contributed by atoms with E-state index in [2.05, 4.69) is 0 Å². The molecule has 1 rings (SSSR count). The summed E-state index contributed by atoms with van der Waals surface area (Å²) in [5, 5.41) is 44.4. The Hall–Kier alpha value is -1.95. The summed E-state index contributed by atoms with van der Waals surface area (Å²) >= 11 is 0. The molecule has 1 atom stereocenters. The van der Waals surface area contributed by atoms with Crippen LogP contribution >= 0.6 is 0 Å². The Bertz CT molecular complexity index is 349. The van der Waals surface area contributed by atoms with Crippen LogP contribution in [0.25, 0.3) is 0 Å². The van der Waals surface area contributed by atoms with Gasteiger partial charge in [0.05, 0.1) is 0 Å². The highest BCUT2D eigenvalue weighted by atomic mass is 16.4. The second-order valence-electron chi connectivity index (χ2n) is 2.65. The predicted molar refractivity (Wildman–Crippen MR) is 44.0 cm³/mol. The fraction of sp³-hybridized carbons (Fsp3) is 0.125. The van der Waals surface area contributed by atoms with Crippen LogP contribution < -0.4 is 0 Å². The van der Waals surface area contributed by atoms with E-state index in [4.69, 9.17) is 25.5 Å². The van der Waals surface area contributed by atoms with Gasteiger partial charge in [0, 0.05) is 0 Å². The van der Waals surface area contributed by atoms with E-state index in [0.717, 1.165) is 12.1 Å². The third kappa shape index (κ3) is 1.69. The van der Waals surface area contributed by atoms with Gasteiger partial charge < -0.3 is 25.5 Å². The Morgan fingerprint density at radius 1 is 1.14 bits per heavy atom. The molecule has 1 aromatic carbocycles. The lowest BCUT2D eigenvalue weighted by Crippen LogP contribution is -2.10. The molecule has 14 heavy (non-hydrogen) atoms. The first-order chi connectivity index (χ1) is 6.43. The van der Waals surface area contributed by atoms with Crippen LogP contribution in [-0.2, 0) is 4.79 Å². The van der Waals surface area contributed by atoms with E-state index in [1.54, 1.807) is 0 Å². The number of carboxylic acid groups (broad SMARTS) is 1. The summed E-state index contributed by atoms with van der Waals surface area (Å²) < 4.78 is 0. The number of carboxylic acids is 1. The van der Waals surface area contributed by atoms with E-state index < -0.39 is 29.3 Å². The molecular weight excluding hydrogens is 192 g/mol. The zero-order valence-corrected chi connectivity index (χ0v) is 6.88. The molecule has 6 nitrogen and oxygen atoms in total. The molecule has 76 valence electrons. The lowest BCUT2D eigenvalue weighted by atomic mass is 10.1. The Morgan fingerprint density at radius 3 is 1.93 bits per heavy atom. The van der Waals surface area contributed by atoms with Gasteiger partial charge in [-0.3, -0.25) is 0 Å². The molecular formula is C8H8O6. The highest BCUT2D eigenvalue weighted by Crippen LogP contribution is 2.37. The SMILES string of the molecule is O=C(O)[C@@H](O)c1cc(O)c(O)c(O)c1. The standard InChI is InChI=1S/C8H8O6/c9-4-1-3(6(11)8(13)14)2-5(10)7(4)12/h1-2,6,9-12H,(H,13,14)/t6-/m0/s1. The van der Waals surface area contributed by atoms with E-state index >= 15 is 0 Å². The van der Waals surface area contributed by atoms with Crippen LogP contribution in [0.5, 0.6) is 17.2 Å². The van der Waals surface area contributed by atoms with Gasteiger partial charge in [-0.2, -0.15) is 0 Å². The highest BCUT2D eigenvalue weighted by Gasteiger charge is 2.19.